The van der Waals surface area contributed by atoms with E-state index < -0.39 is 15.6 Å². The first-order valence-corrected chi connectivity index (χ1v) is 16.9. The highest BCUT2D eigenvalue weighted by Gasteiger charge is 2.38. The zero-order chi connectivity index (χ0) is 27.9. The average molecular weight is 581 g/mol. The Bertz CT molecular complexity index is 1930. The van der Waals surface area contributed by atoms with Crippen LogP contribution in [0.15, 0.2) is 72.8 Å². The molecular weight excluding hydrogens is 554 g/mol. The minimum atomic E-state index is -1.97. The summed E-state index contributed by atoms with van der Waals surface area (Å²) in [6, 6.07) is 16.9. The number of allylic oxidation sites excluding steroid dienone is 4. The van der Waals surface area contributed by atoms with Crippen LogP contribution in [0.5, 0.6) is 0 Å². The van der Waals surface area contributed by atoms with Crippen LogP contribution in [0, 0.1) is 0 Å². The van der Waals surface area contributed by atoms with E-state index >= 15 is 0 Å². The highest BCUT2D eigenvalue weighted by atomic mass is 31.1. The van der Waals surface area contributed by atoms with Crippen molar-refractivity contribution < 1.29 is 9.13 Å². The quantitative estimate of drug-likeness (QED) is 0.189. The third kappa shape index (κ3) is 3.69. The molecule has 4 aromatic rings. The fourth-order valence-corrected chi connectivity index (χ4v) is 9.73. The van der Waals surface area contributed by atoms with Gasteiger partial charge in [-0.05, 0) is 107 Å². The van der Waals surface area contributed by atoms with Crippen LogP contribution < -0.4 is 31.9 Å². The van der Waals surface area contributed by atoms with Crippen molar-refractivity contribution in [3.8, 4) is 0 Å². The first-order chi connectivity index (χ1) is 20.6. The molecule has 4 nitrogen and oxygen atoms in total. The van der Waals surface area contributed by atoms with Crippen molar-refractivity contribution in [2.45, 2.75) is 25.7 Å². The number of hydrogen-bond acceptors (Lipinski definition) is 4. The SMILES string of the molecule is O=[P+]1c2cc3c(cc2Nc2cc4c(cc2[P+](=O)c2cc5c(cc2Nc2cc6c(cc21)CC=C6)CC=C5)CC=C4)CC=C3. The molecule has 2 N–H and O–H groups in total. The van der Waals surface area contributed by atoms with Crippen LogP contribution in [0.3, 0.4) is 0 Å². The summed E-state index contributed by atoms with van der Waals surface area (Å²) in [5, 5.41) is 10.4. The van der Waals surface area contributed by atoms with Gasteiger partial charge in [-0.15, -0.1) is 0 Å². The van der Waals surface area contributed by atoms with Crippen LogP contribution >= 0.6 is 15.6 Å². The number of benzene rings is 4. The van der Waals surface area contributed by atoms with Crippen molar-refractivity contribution in [1.29, 1.82) is 0 Å². The molecule has 0 radical (unpaired) electrons. The van der Waals surface area contributed by atoms with Gasteiger partial charge in [0, 0.05) is 12.1 Å². The summed E-state index contributed by atoms with van der Waals surface area (Å²) in [7, 11) is -3.93. The lowest BCUT2D eigenvalue weighted by atomic mass is 10.1. The molecule has 1 aliphatic heterocycles. The monoisotopic (exact) mass is 580 g/mol. The molecule has 0 aromatic heterocycles. The second-order valence-corrected chi connectivity index (χ2v) is 14.6. The Hall–Kier alpha value is -4.36. The van der Waals surface area contributed by atoms with Gasteiger partial charge in [-0.25, -0.2) is 0 Å². The van der Waals surface area contributed by atoms with Crippen LogP contribution in [0.2, 0.25) is 0 Å². The number of nitrogens with one attached hydrogen (secondary N) is 2. The molecule has 4 aromatic carbocycles. The zero-order valence-electron chi connectivity index (χ0n) is 22.8. The Morgan fingerprint density at radius 1 is 0.405 bits per heavy atom. The third-order valence-corrected chi connectivity index (χ3v) is 12.2. The van der Waals surface area contributed by atoms with Crippen LogP contribution in [-0.2, 0) is 34.8 Å². The molecule has 2 atom stereocenters. The van der Waals surface area contributed by atoms with Gasteiger partial charge in [0.15, 0.2) is 0 Å². The Balaban J connectivity index is 1.34. The maximum atomic E-state index is 14.8. The summed E-state index contributed by atoms with van der Waals surface area (Å²) in [6.07, 6.45) is 20.5. The molecule has 0 spiro atoms. The molecule has 0 bridgehead atoms. The Morgan fingerprint density at radius 3 is 1.12 bits per heavy atom. The first-order valence-electron chi connectivity index (χ1n) is 14.4. The van der Waals surface area contributed by atoms with Crippen LogP contribution in [0.25, 0.3) is 24.3 Å². The van der Waals surface area contributed by atoms with E-state index in [-0.39, 0.29) is 0 Å². The maximum Gasteiger partial charge on any atom is 0.419 e. The Kier molecular flexibility index (Phi) is 5.24. The summed E-state index contributed by atoms with van der Waals surface area (Å²) in [6.45, 7) is 0. The summed E-state index contributed by atoms with van der Waals surface area (Å²) in [5.41, 5.74) is 12.5. The van der Waals surface area contributed by atoms with Gasteiger partial charge in [0.1, 0.15) is 0 Å². The topological polar surface area (TPSA) is 58.2 Å². The summed E-state index contributed by atoms with van der Waals surface area (Å²) in [5.74, 6) is 0. The van der Waals surface area contributed by atoms with Gasteiger partial charge >= 0.3 is 15.6 Å². The summed E-state index contributed by atoms with van der Waals surface area (Å²) < 4.78 is 29.5. The molecule has 9 rings (SSSR count). The van der Waals surface area contributed by atoms with E-state index in [0.717, 1.165) is 91.9 Å². The van der Waals surface area contributed by atoms with Gasteiger partial charge in [0.2, 0.25) is 21.2 Å². The van der Waals surface area contributed by atoms with Gasteiger partial charge in [0.25, 0.3) is 0 Å². The van der Waals surface area contributed by atoms with Crippen LogP contribution in [0.1, 0.15) is 44.5 Å². The molecule has 200 valence electrons. The van der Waals surface area contributed by atoms with E-state index in [9.17, 15) is 9.13 Å². The lowest BCUT2D eigenvalue weighted by Gasteiger charge is -2.16. The summed E-state index contributed by atoms with van der Waals surface area (Å²) >= 11 is 0. The first kappa shape index (κ1) is 24.3. The van der Waals surface area contributed by atoms with E-state index in [1.807, 2.05) is 0 Å². The molecule has 1 heterocycles. The van der Waals surface area contributed by atoms with E-state index in [2.05, 4.69) is 108 Å². The van der Waals surface area contributed by atoms with Crippen molar-refractivity contribution in [2.75, 3.05) is 10.6 Å². The zero-order valence-corrected chi connectivity index (χ0v) is 24.6. The molecule has 0 saturated carbocycles. The lowest BCUT2D eigenvalue weighted by Crippen LogP contribution is -2.22. The second-order valence-electron chi connectivity index (χ2n) is 11.5. The van der Waals surface area contributed by atoms with Gasteiger partial charge in [-0.1, -0.05) is 57.7 Å². The van der Waals surface area contributed by atoms with Gasteiger partial charge < -0.3 is 10.6 Å². The molecule has 6 heteroatoms. The molecule has 42 heavy (non-hydrogen) atoms. The van der Waals surface area contributed by atoms with Gasteiger partial charge in [-0.2, -0.15) is 0 Å². The molecular formula is C36H26N2O2P2+2. The average Bonchev–Trinajstić information content (AvgIpc) is 3.81. The van der Waals surface area contributed by atoms with Crippen LogP contribution in [-0.4, -0.2) is 0 Å². The maximum absolute atomic E-state index is 14.8. The number of hydrogen-bond donors (Lipinski definition) is 2. The van der Waals surface area contributed by atoms with Crippen molar-refractivity contribution in [3.63, 3.8) is 0 Å². The number of fused-ring (bicyclic) bond motifs is 8. The Labute approximate surface area is 246 Å². The van der Waals surface area contributed by atoms with Crippen molar-refractivity contribution in [1.82, 2.24) is 0 Å². The fraction of sp³-hybridized carbons (Fsp3) is 0.111. The molecule has 0 saturated heterocycles. The highest BCUT2D eigenvalue weighted by Crippen LogP contribution is 2.40. The predicted octanol–water partition coefficient (Wildman–Crippen LogP) is 7.32. The Morgan fingerprint density at radius 2 is 0.714 bits per heavy atom. The number of anilines is 4. The van der Waals surface area contributed by atoms with Crippen LogP contribution in [0.4, 0.5) is 22.7 Å². The largest absolute Gasteiger partial charge is 0.419 e. The third-order valence-electron chi connectivity index (χ3n) is 8.98. The highest BCUT2D eigenvalue weighted by molar-refractivity contribution is 7.62. The van der Waals surface area contributed by atoms with E-state index in [1.54, 1.807) is 0 Å². The van der Waals surface area contributed by atoms with Crippen molar-refractivity contribution in [2.24, 2.45) is 0 Å². The predicted molar refractivity (Wildman–Crippen MR) is 177 cm³/mol. The van der Waals surface area contributed by atoms with E-state index in [4.69, 9.17) is 0 Å². The molecule has 0 fully saturated rings. The normalized spacial score (nSPS) is 18.0. The van der Waals surface area contributed by atoms with E-state index in [1.165, 1.54) is 22.3 Å². The molecule has 2 unspecified atom stereocenters. The fourth-order valence-electron chi connectivity index (χ4n) is 6.80. The minimum absolute atomic E-state index is 0.764. The van der Waals surface area contributed by atoms with Crippen molar-refractivity contribution in [3.05, 3.63) is 117 Å². The van der Waals surface area contributed by atoms with Gasteiger partial charge in [0.05, 0.1) is 22.7 Å². The molecule has 0 amide bonds. The number of rotatable bonds is 0. The van der Waals surface area contributed by atoms with E-state index in [0.29, 0.717) is 0 Å². The standard InChI is InChI=1S/C36H26N2O2P2/c39-41-33-17-25-9-1-5-21(25)13-29(33)37-30-14-22-6-2-11-27(22)19-35(30)42(40)36-20-28-12-4-8-24(28)16-32(36)38-31-15-23-7-3-10-26(23)18-34(31)41/h1-5,8,10-11,13-20,37-38H,6-7,9,12H2/q+2. The second kappa shape index (κ2) is 9.07. The van der Waals surface area contributed by atoms with Gasteiger partial charge in [-0.3, -0.25) is 0 Å². The summed E-state index contributed by atoms with van der Waals surface area (Å²) in [4.78, 5) is 0. The lowest BCUT2D eigenvalue weighted by molar-refractivity contribution is 0.597. The minimum Gasteiger partial charge on any atom is -0.348 e. The molecule has 5 aliphatic rings. The smallest absolute Gasteiger partial charge is 0.348 e. The molecule has 4 aliphatic carbocycles. The van der Waals surface area contributed by atoms with Crippen molar-refractivity contribution >= 4 is 83.9 Å².